The molecule has 0 aliphatic carbocycles. The van der Waals surface area contributed by atoms with E-state index in [4.69, 9.17) is 4.99 Å². The van der Waals surface area contributed by atoms with Gasteiger partial charge in [0.1, 0.15) is 0 Å². The molecule has 1 aliphatic rings. The van der Waals surface area contributed by atoms with Crippen LogP contribution in [0.25, 0.3) is 0 Å². The molecule has 2 aromatic carbocycles. The number of nitrogens with one attached hydrogen (secondary N) is 1. The fourth-order valence-corrected chi connectivity index (χ4v) is 3.57. The molecule has 1 heterocycles. The summed E-state index contributed by atoms with van der Waals surface area (Å²) in [7, 11) is 0. The largest absolute Gasteiger partial charge is 0.356 e. The van der Waals surface area contributed by atoms with Gasteiger partial charge in [0.05, 0.1) is 6.54 Å². The molecule has 5 nitrogen and oxygen atoms in total. The van der Waals surface area contributed by atoms with Crippen LogP contribution >= 0.6 is 24.0 Å². The number of hydrogen-bond acceptors (Lipinski definition) is 2. The van der Waals surface area contributed by atoms with Crippen molar-refractivity contribution in [3.05, 3.63) is 65.2 Å². The summed E-state index contributed by atoms with van der Waals surface area (Å²) < 4.78 is 0. The summed E-state index contributed by atoms with van der Waals surface area (Å²) in [5.41, 5.74) is 4.44. The van der Waals surface area contributed by atoms with Crippen molar-refractivity contribution in [2.45, 2.75) is 33.7 Å². The first kappa shape index (κ1) is 23.2. The Bertz CT molecular complexity index is 831. The summed E-state index contributed by atoms with van der Waals surface area (Å²) in [6, 6.07) is 16.3. The van der Waals surface area contributed by atoms with Crippen LogP contribution in [0.4, 0.5) is 5.69 Å². The SMILES string of the molecule is CCNC(=NCc1ccc(C(=O)N(CC)CC)cc1)N1CCc2ccccc21.I. The number of anilines is 1. The highest BCUT2D eigenvalue weighted by atomic mass is 127. The predicted octanol–water partition coefficient (Wildman–Crippen LogP) is 4.31. The van der Waals surface area contributed by atoms with Crippen LogP contribution in [0.2, 0.25) is 0 Å². The fourth-order valence-electron chi connectivity index (χ4n) is 3.57. The molecule has 2 aromatic rings. The highest BCUT2D eigenvalue weighted by molar-refractivity contribution is 14.0. The maximum Gasteiger partial charge on any atom is 0.253 e. The lowest BCUT2D eigenvalue weighted by Gasteiger charge is -2.22. The number of aliphatic imine (C=N–C) groups is 1. The zero-order valence-corrected chi connectivity index (χ0v) is 19.8. The minimum absolute atomic E-state index is 0. The van der Waals surface area contributed by atoms with Crippen LogP contribution < -0.4 is 10.2 Å². The summed E-state index contributed by atoms with van der Waals surface area (Å²) in [5.74, 6) is 0.998. The van der Waals surface area contributed by atoms with Crippen molar-refractivity contribution >= 4 is 41.5 Å². The smallest absolute Gasteiger partial charge is 0.253 e. The maximum atomic E-state index is 12.4. The number of benzene rings is 2. The topological polar surface area (TPSA) is 47.9 Å². The second-order valence-corrected chi connectivity index (χ2v) is 6.87. The van der Waals surface area contributed by atoms with E-state index in [2.05, 4.69) is 41.4 Å². The molecule has 29 heavy (non-hydrogen) atoms. The monoisotopic (exact) mass is 506 g/mol. The Morgan fingerprint density at radius 2 is 1.76 bits per heavy atom. The van der Waals surface area contributed by atoms with Gasteiger partial charge < -0.3 is 15.1 Å². The Hall–Kier alpha value is -2.09. The number of hydrogen-bond donors (Lipinski definition) is 1. The molecule has 1 aliphatic heterocycles. The Balaban J connectivity index is 0.00000300. The number of halogens is 1. The van der Waals surface area contributed by atoms with Gasteiger partial charge in [-0.15, -0.1) is 24.0 Å². The van der Waals surface area contributed by atoms with Gasteiger partial charge in [0, 0.05) is 37.4 Å². The highest BCUT2D eigenvalue weighted by Crippen LogP contribution is 2.27. The average Bonchev–Trinajstić information content (AvgIpc) is 3.16. The number of carbonyl (C=O) groups excluding carboxylic acids is 1. The van der Waals surface area contributed by atoms with Gasteiger partial charge in [-0.1, -0.05) is 30.3 Å². The van der Waals surface area contributed by atoms with E-state index in [0.29, 0.717) is 6.54 Å². The van der Waals surface area contributed by atoms with Crippen molar-refractivity contribution in [1.82, 2.24) is 10.2 Å². The maximum absolute atomic E-state index is 12.4. The van der Waals surface area contributed by atoms with Gasteiger partial charge in [-0.05, 0) is 56.5 Å². The third-order valence-electron chi connectivity index (χ3n) is 5.14. The predicted molar refractivity (Wildman–Crippen MR) is 131 cm³/mol. The molecule has 0 saturated carbocycles. The molecule has 0 saturated heterocycles. The van der Waals surface area contributed by atoms with Gasteiger partial charge in [0.15, 0.2) is 5.96 Å². The van der Waals surface area contributed by atoms with Crippen LogP contribution in [0.3, 0.4) is 0 Å². The second kappa shape index (κ2) is 11.2. The van der Waals surface area contributed by atoms with Crippen molar-refractivity contribution < 1.29 is 4.79 Å². The fraction of sp³-hybridized carbons (Fsp3) is 0.391. The van der Waals surface area contributed by atoms with Crippen LogP contribution in [0, 0.1) is 0 Å². The molecule has 0 unspecified atom stereocenters. The Morgan fingerprint density at radius 3 is 2.41 bits per heavy atom. The van der Waals surface area contributed by atoms with Crippen LogP contribution in [0.15, 0.2) is 53.5 Å². The van der Waals surface area contributed by atoms with Crippen LogP contribution in [0.1, 0.15) is 42.3 Å². The van der Waals surface area contributed by atoms with Crippen LogP contribution in [-0.2, 0) is 13.0 Å². The number of fused-ring (bicyclic) bond motifs is 1. The molecule has 0 fully saturated rings. The number of guanidine groups is 1. The summed E-state index contributed by atoms with van der Waals surface area (Å²) in [5, 5.41) is 3.41. The average molecular weight is 506 g/mol. The zero-order valence-electron chi connectivity index (χ0n) is 17.5. The molecule has 0 atom stereocenters. The lowest BCUT2D eigenvalue weighted by atomic mass is 10.1. The Morgan fingerprint density at radius 1 is 1.07 bits per heavy atom. The molecule has 1 N–H and O–H groups in total. The van der Waals surface area contributed by atoms with Gasteiger partial charge in [-0.25, -0.2) is 4.99 Å². The molecule has 0 bridgehead atoms. The Kier molecular flexibility index (Phi) is 8.95. The third kappa shape index (κ3) is 5.50. The number of para-hydroxylation sites is 1. The van der Waals surface area contributed by atoms with E-state index in [1.165, 1.54) is 11.3 Å². The van der Waals surface area contributed by atoms with Crippen molar-refractivity contribution in [3.8, 4) is 0 Å². The lowest BCUT2D eigenvalue weighted by molar-refractivity contribution is 0.0773. The van der Waals surface area contributed by atoms with Gasteiger partial charge in [-0.2, -0.15) is 0 Å². The molecule has 0 aromatic heterocycles. The molecular formula is C23H31IN4O. The summed E-state index contributed by atoms with van der Waals surface area (Å²) in [4.78, 5) is 21.4. The van der Waals surface area contributed by atoms with Gasteiger partial charge in [0.2, 0.25) is 0 Å². The van der Waals surface area contributed by atoms with Crippen LogP contribution in [-0.4, -0.2) is 42.9 Å². The highest BCUT2D eigenvalue weighted by Gasteiger charge is 2.22. The van der Waals surface area contributed by atoms with E-state index < -0.39 is 0 Å². The van der Waals surface area contributed by atoms with Gasteiger partial charge >= 0.3 is 0 Å². The summed E-state index contributed by atoms with van der Waals surface area (Å²) in [6.45, 7) is 9.91. The van der Waals surface area contributed by atoms with Crippen molar-refractivity contribution in [1.29, 1.82) is 0 Å². The molecule has 3 rings (SSSR count). The van der Waals surface area contributed by atoms with Crippen molar-refractivity contribution in [3.63, 3.8) is 0 Å². The first-order valence-electron chi connectivity index (χ1n) is 10.2. The minimum Gasteiger partial charge on any atom is -0.356 e. The first-order valence-corrected chi connectivity index (χ1v) is 10.2. The van der Waals surface area contributed by atoms with E-state index in [1.54, 1.807) is 0 Å². The molecule has 156 valence electrons. The summed E-state index contributed by atoms with van der Waals surface area (Å²) in [6.07, 6.45) is 1.04. The van der Waals surface area contributed by atoms with Crippen LogP contribution in [0.5, 0.6) is 0 Å². The summed E-state index contributed by atoms with van der Waals surface area (Å²) >= 11 is 0. The van der Waals surface area contributed by atoms with E-state index >= 15 is 0 Å². The number of carbonyl (C=O) groups is 1. The normalized spacial score (nSPS) is 12.9. The third-order valence-corrected chi connectivity index (χ3v) is 5.14. The van der Waals surface area contributed by atoms with Gasteiger partial charge in [0.25, 0.3) is 5.91 Å². The lowest BCUT2D eigenvalue weighted by Crippen LogP contribution is -2.40. The van der Waals surface area contributed by atoms with Gasteiger partial charge in [-0.3, -0.25) is 4.79 Å². The van der Waals surface area contributed by atoms with E-state index in [1.807, 2.05) is 43.0 Å². The van der Waals surface area contributed by atoms with Crippen molar-refractivity contribution in [2.75, 3.05) is 31.1 Å². The Labute approximate surface area is 191 Å². The standard InChI is InChI=1S/C23H30N4O.HI/c1-4-24-23(27-16-15-19-9-7-8-10-21(19)27)25-17-18-11-13-20(14-12-18)22(28)26(5-2)6-3;/h7-14H,4-6,15-17H2,1-3H3,(H,24,25);1H. The molecular weight excluding hydrogens is 475 g/mol. The molecule has 1 amide bonds. The zero-order chi connectivity index (χ0) is 19.9. The molecule has 0 spiro atoms. The minimum atomic E-state index is 0. The molecule has 0 radical (unpaired) electrons. The van der Waals surface area contributed by atoms with E-state index in [0.717, 1.165) is 49.7 Å². The quantitative estimate of drug-likeness (QED) is 0.361. The number of rotatable bonds is 6. The van der Waals surface area contributed by atoms with E-state index in [-0.39, 0.29) is 29.9 Å². The van der Waals surface area contributed by atoms with Crippen molar-refractivity contribution in [2.24, 2.45) is 4.99 Å². The number of amides is 1. The first-order chi connectivity index (χ1) is 13.7. The number of nitrogens with zero attached hydrogens (tertiary/aromatic N) is 3. The molecule has 6 heteroatoms. The van der Waals surface area contributed by atoms with E-state index in [9.17, 15) is 4.79 Å². The second-order valence-electron chi connectivity index (χ2n) is 6.87.